The van der Waals surface area contributed by atoms with E-state index in [9.17, 15) is 9.59 Å². The molecule has 1 amide bonds. The summed E-state index contributed by atoms with van der Waals surface area (Å²) in [5, 5.41) is 8.74. The zero-order valence-electron chi connectivity index (χ0n) is 9.73. The first kappa shape index (κ1) is 13.9. The van der Waals surface area contributed by atoms with Crippen LogP contribution in [0, 0.1) is 5.92 Å². The van der Waals surface area contributed by atoms with Crippen LogP contribution in [0.2, 0.25) is 0 Å². The van der Waals surface area contributed by atoms with Gasteiger partial charge in [0.2, 0.25) is 5.91 Å². The predicted molar refractivity (Wildman–Crippen MR) is 57.3 cm³/mol. The van der Waals surface area contributed by atoms with E-state index < -0.39 is 18.1 Å². The van der Waals surface area contributed by atoms with Crippen molar-refractivity contribution < 1.29 is 14.7 Å². The average Bonchev–Trinajstić information content (AvgIpc) is 2.23. The summed E-state index contributed by atoms with van der Waals surface area (Å²) in [6, 6.07) is -1.46. The van der Waals surface area contributed by atoms with Crippen LogP contribution in [0.4, 0.5) is 0 Å². The predicted octanol–water partition coefficient (Wildman–Crippen LogP) is 0.291. The van der Waals surface area contributed by atoms with Gasteiger partial charge in [-0.15, -0.1) is 0 Å². The average molecular weight is 216 g/mol. The zero-order chi connectivity index (χ0) is 12.2. The molecule has 0 saturated heterocycles. The van der Waals surface area contributed by atoms with Crippen LogP contribution in [0.15, 0.2) is 0 Å². The molecule has 88 valence electrons. The number of hydrogen-bond donors (Lipinski definition) is 2. The van der Waals surface area contributed by atoms with Gasteiger partial charge in [-0.2, -0.15) is 0 Å². The number of nitrogens with zero attached hydrogens (tertiary/aromatic N) is 1. The van der Waals surface area contributed by atoms with Gasteiger partial charge in [0.05, 0.1) is 6.04 Å². The standard InChI is InChI=1S/C10H20N2O3/c1-5-6(2)8(11)9(13)12(4)7(3)10(14)15/h6-8H,5,11H2,1-4H3,(H,14,15)/t6?,7?,8-/m0/s1. The van der Waals surface area contributed by atoms with E-state index >= 15 is 0 Å². The molecule has 0 aromatic rings. The van der Waals surface area contributed by atoms with Crippen molar-refractivity contribution in [2.45, 2.75) is 39.3 Å². The van der Waals surface area contributed by atoms with Gasteiger partial charge in [-0.3, -0.25) is 4.79 Å². The Morgan fingerprint density at radius 3 is 2.20 bits per heavy atom. The molecule has 0 aromatic heterocycles. The maximum atomic E-state index is 11.7. The van der Waals surface area contributed by atoms with Crippen LogP contribution in [-0.2, 0) is 9.59 Å². The second-order valence-electron chi connectivity index (χ2n) is 3.87. The summed E-state index contributed by atoms with van der Waals surface area (Å²) < 4.78 is 0. The van der Waals surface area contributed by atoms with E-state index in [1.807, 2.05) is 13.8 Å². The minimum absolute atomic E-state index is 0.0564. The van der Waals surface area contributed by atoms with E-state index in [2.05, 4.69) is 0 Å². The number of nitrogens with two attached hydrogens (primary N) is 1. The third kappa shape index (κ3) is 3.51. The van der Waals surface area contributed by atoms with Gasteiger partial charge in [0.25, 0.3) is 0 Å². The molecule has 0 aliphatic heterocycles. The summed E-state index contributed by atoms with van der Waals surface area (Å²) >= 11 is 0. The van der Waals surface area contributed by atoms with Gasteiger partial charge in [-0.1, -0.05) is 20.3 Å². The Bertz CT molecular complexity index is 243. The number of likely N-dealkylation sites (N-methyl/N-ethyl adjacent to an activating group) is 1. The SMILES string of the molecule is CCC(C)[C@H](N)C(=O)N(C)C(C)C(=O)O. The van der Waals surface area contributed by atoms with Gasteiger partial charge in [-0.05, 0) is 12.8 Å². The van der Waals surface area contributed by atoms with Crippen molar-refractivity contribution in [3.8, 4) is 0 Å². The molecule has 0 radical (unpaired) electrons. The molecular weight excluding hydrogens is 196 g/mol. The highest BCUT2D eigenvalue weighted by atomic mass is 16.4. The summed E-state index contributed by atoms with van der Waals surface area (Å²) in [6.07, 6.45) is 0.794. The molecule has 0 saturated carbocycles. The molecule has 15 heavy (non-hydrogen) atoms. The van der Waals surface area contributed by atoms with E-state index in [0.29, 0.717) is 0 Å². The minimum atomic E-state index is -1.03. The highest BCUT2D eigenvalue weighted by Crippen LogP contribution is 2.09. The smallest absolute Gasteiger partial charge is 0.326 e. The number of hydrogen-bond acceptors (Lipinski definition) is 3. The largest absolute Gasteiger partial charge is 0.480 e. The molecule has 0 aliphatic rings. The first-order chi connectivity index (χ1) is 6.82. The summed E-state index contributed by atoms with van der Waals surface area (Å²) in [7, 11) is 1.46. The molecule has 0 bridgehead atoms. The van der Waals surface area contributed by atoms with Crippen molar-refractivity contribution in [2.75, 3.05) is 7.05 Å². The number of aliphatic carboxylic acids is 1. The Balaban J connectivity index is 4.50. The van der Waals surface area contributed by atoms with Crippen molar-refractivity contribution in [2.24, 2.45) is 11.7 Å². The molecule has 3 N–H and O–H groups in total. The van der Waals surface area contributed by atoms with Gasteiger partial charge >= 0.3 is 5.97 Å². The van der Waals surface area contributed by atoms with Gasteiger partial charge in [0, 0.05) is 7.05 Å². The fraction of sp³-hybridized carbons (Fsp3) is 0.800. The Hall–Kier alpha value is -1.10. The van der Waals surface area contributed by atoms with E-state index in [1.54, 1.807) is 0 Å². The fourth-order valence-corrected chi connectivity index (χ4v) is 1.09. The third-order valence-corrected chi connectivity index (χ3v) is 2.83. The first-order valence-electron chi connectivity index (χ1n) is 5.07. The molecule has 0 aliphatic carbocycles. The van der Waals surface area contributed by atoms with Crippen molar-refractivity contribution in [1.29, 1.82) is 0 Å². The molecule has 5 heteroatoms. The van der Waals surface area contributed by atoms with Crippen molar-refractivity contribution in [3.05, 3.63) is 0 Å². The molecule has 2 unspecified atom stereocenters. The molecule has 0 fully saturated rings. The highest BCUT2D eigenvalue weighted by Gasteiger charge is 2.28. The Labute approximate surface area is 90.2 Å². The van der Waals surface area contributed by atoms with Crippen LogP contribution in [0.5, 0.6) is 0 Å². The Morgan fingerprint density at radius 2 is 1.87 bits per heavy atom. The Morgan fingerprint density at radius 1 is 1.40 bits per heavy atom. The normalized spacial score (nSPS) is 16.6. The van der Waals surface area contributed by atoms with E-state index in [-0.39, 0.29) is 11.8 Å². The van der Waals surface area contributed by atoms with Crippen LogP contribution in [0.1, 0.15) is 27.2 Å². The van der Waals surface area contributed by atoms with Crippen molar-refractivity contribution in [1.82, 2.24) is 4.90 Å². The Kier molecular flexibility index (Phi) is 5.28. The second kappa shape index (κ2) is 5.70. The van der Waals surface area contributed by atoms with E-state index in [1.165, 1.54) is 18.9 Å². The fourth-order valence-electron chi connectivity index (χ4n) is 1.09. The highest BCUT2D eigenvalue weighted by molar-refractivity contribution is 5.86. The number of amides is 1. The lowest BCUT2D eigenvalue weighted by molar-refractivity contribution is -0.149. The topological polar surface area (TPSA) is 83.6 Å². The lowest BCUT2D eigenvalue weighted by Crippen LogP contribution is -2.50. The number of carbonyl (C=O) groups is 2. The van der Waals surface area contributed by atoms with Crippen LogP contribution in [0.3, 0.4) is 0 Å². The van der Waals surface area contributed by atoms with Crippen molar-refractivity contribution >= 4 is 11.9 Å². The monoisotopic (exact) mass is 216 g/mol. The molecule has 0 heterocycles. The molecule has 0 spiro atoms. The minimum Gasteiger partial charge on any atom is -0.480 e. The van der Waals surface area contributed by atoms with Crippen LogP contribution in [-0.4, -0.2) is 41.0 Å². The number of carboxylic acids is 1. The van der Waals surface area contributed by atoms with Gasteiger partial charge < -0.3 is 15.7 Å². The third-order valence-electron chi connectivity index (χ3n) is 2.83. The molecule has 3 atom stereocenters. The molecule has 0 rings (SSSR count). The second-order valence-corrected chi connectivity index (χ2v) is 3.87. The van der Waals surface area contributed by atoms with Crippen LogP contribution < -0.4 is 5.73 Å². The lowest BCUT2D eigenvalue weighted by atomic mass is 9.98. The molecule has 5 nitrogen and oxygen atoms in total. The number of carboxylic acid groups (broad SMARTS) is 1. The molecular formula is C10H20N2O3. The number of rotatable bonds is 5. The van der Waals surface area contributed by atoms with Crippen LogP contribution in [0.25, 0.3) is 0 Å². The maximum absolute atomic E-state index is 11.7. The summed E-state index contributed by atoms with van der Waals surface area (Å²) in [4.78, 5) is 23.6. The van der Waals surface area contributed by atoms with Gasteiger partial charge in [0.1, 0.15) is 6.04 Å². The van der Waals surface area contributed by atoms with E-state index in [0.717, 1.165) is 6.42 Å². The van der Waals surface area contributed by atoms with Crippen LogP contribution >= 0.6 is 0 Å². The molecule has 0 aromatic carbocycles. The zero-order valence-corrected chi connectivity index (χ0v) is 9.73. The summed E-state index contributed by atoms with van der Waals surface area (Å²) in [5.74, 6) is -1.29. The summed E-state index contributed by atoms with van der Waals surface area (Å²) in [5.41, 5.74) is 5.73. The summed E-state index contributed by atoms with van der Waals surface area (Å²) in [6.45, 7) is 5.28. The van der Waals surface area contributed by atoms with E-state index in [4.69, 9.17) is 10.8 Å². The number of carbonyl (C=O) groups excluding carboxylic acids is 1. The maximum Gasteiger partial charge on any atom is 0.326 e. The quantitative estimate of drug-likeness (QED) is 0.692. The van der Waals surface area contributed by atoms with Crippen molar-refractivity contribution in [3.63, 3.8) is 0 Å². The van der Waals surface area contributed by atoms with Gasteiger partial charge in [0.15, 0.2) is 0 Å². The first-order valence-corrected chi connectivity index (χ1v) is 5.07. The lowest BCUT2D eigenvalue weighted by Gasteiger charge is -2.27. The van der Waals surface area contributed by atoms with Gasteiger partial charge in [-0.25, -0.2) is 4.79 Å².